The van der Waals surface area contributed by atoms with Crippen LogP contribution < -0.4 is 16.6 Å². The van der Waals surface area contributed by atoms with Crippen LogP contribution in [0.2, 0.25) is 0 Å². The van der Waals surface area contributed by atoms with Gasteiger partial charge >= 0.3 is 20.4 Å². The lowest BCUT2D eigenvalue weighted by Crippen LogP contribution is -2.32. The Kier molecular flexibility index (Phi) is 12.2. The lowest BCUT2D eigenvalue weighted by atomic mass is 10.1. The highest BCUT2D eigenvalue weighted by molar-refractivity contribution is 7.40. The Morgan fingerprint density at radius 1 is 0.976 bits per heavy atom. The van der Waals surface area contributed by atoms with Crippen LogP contribution in [0.15, 0.2) is 21.7 Å². The molecule has 13 heteroatoms. The van der Waals surface area contributed by atoms with Crippen LogP contribution in [0.1, 0.15) is 76.8 Å². The molecule has 2 heterocycles. The van der Waals surface area contributed by atoms with Gasteiger partial charge in [0.25, 0.3) is 5.56 Å². The highest BCUT2D eigenvalue weighted by Gasteiger charge is 2.19. The Morgan fingerprint density at radius 2 is 1.61 bits per heavy atom. The molecule has 2 aliphatic heterocycles. The van der Waals surface area contributed by atoms with E-state index in [4.69, 9.17) is 13.8 Å². The fourth-order valence-electron chi connectivity index (χ4n) is 4.23. The maximum absolute atomic E-state index is 12.4. The molecule has 1 unspecified atom stereocenters. The minimum Gasteiger partial charge on any atom is -0.444 e. The number of fused-ring (bicyclic) bond motifs is 2. The van der Waals surface area contributed by atoms with Gasteiger partial charge in [-0.1, -0.05) is 12.8 Å². The summed E-state index contributed by atoms with van der Waals surface area (Å²) in [7, 11) is -1.93. The maximum atomic E-state index is 12.4. The first kappa shape index (κ1) is 32.6. The van der Waals surface area contributed by atoms with Crippen LogP contribution in [-0.2, 0) is 20.3 Å². The minimum atomic E-state index is -1.93. The second kappa shape index (κ2) is 15.3. The van der Waals surface area contributed by atoms with Crippen LogP contribution in [0.3, 0.4) is 0 Å². The van der Waals surface area contributed by atoms with Crippen LogP contribution in [-0.4, -0.2) is 55.9 Å². The van der Waals surface area contributed by atoms with Crippen LogP contribution in [0.25, 0.3) is 22.6 Å². The molecule has 3 N–H and O–H groups in total. The number of ether oxygens (including phenoxy) is 1. The van der Waals surface area contributed by atoms with Gasteiger partial charge in [0.05, 0.1) is 24.2 Å². The zero-order valence-electron chi connectivity index (χ0n) is 24.6. The molecule has 2 aliphatic rings. The Labute approximate surface area is 241 Å². The molecular formula is C28H42N5O7P. The second-order valence-corrected chi connectivity index (χ2v) is 12.0. The number of nitrogens with zero attached hydrogens (tertiary/aromatic N) is 3. The Balaban J connectivity index is 1.34. The van der Waals surface area contributed by atoms with Crippen molar-refractivity contribution in [3.63, 3.8) is 0 Å². The number of benzene rings is 1. The van der Waals surface area contributed by atoms with Gasteiger partial charge in [0, 0.05) is 13.1 Å². The smallest absolute Gasteiger partial charge is 0.407 e. The van der Waals surface area contributed by atoms with Crippen molar-refractivity contribution in [2.75, 3.05) is 19.8 Å². The van der Waals surface area contributed by atoms with Gasteiger partial charge < -0.3 is 28.6 Å². The van der Waals surface area contributed by atoms with E-state index in [0.717, 1.165) is 55.2 Å². The summed E-state index contributed by atoms with van der Waals surface area (Å²) in [6, 6.07) is 3.94. The Bertz CT molecular complexity index is 1390. The first-order chi connectivity index (χ1) is 19.4. The van der Waals surface area contributed by atoms with Gasteiger partial charge in [0.1, 0.15) is 5.60 Å². The lowest BCUT2D eigenvalue weighted by Gasteiger charge is -2.19. The maximum Gasteiger partial charge on any atom is 0.407 e. The molecule has 1 atom stereocenters. The van der Waals surface area contributed by atoms with E-state index in [1.807, 2.05) is 51.3 Å². The minimum absolute atomic E-state index is 0.143. The number of aromatic amines is 1. The zero-order chi connectivity index (χ0) is 30.0. The van der Waals surface area contributed by atoms with Crippen LogP contribution in [0.4, 0.5) is 4.79 Å². The average molecular weight is 592 g/mol. The topological polar surface area (TPSA) is 158 Å². The molecule has 1 aromatic rings. The molecule has 0 bridgehead atoms. The second-order valence-electron chi connectivity index (χ2n) is 11.0. The van der Waals surface area contributed by atoms with Crippen molar-refractivity contribution in [2.45, 2.75) is 91.7 Å². The number of alkyl carbamates (subject to hydrolysis) is 1. The van der Waals surface area contributed by atoms with Gasteiger partial charge in [-0.2, -0.15) is 4.98 Å². The van der Waals surface area contributed by atoms with Crippen LogP contribution >= 0.6 is 8.60 Å². The molecule has 0 fully saturated rings. The lowest BCUT2D eigenvalue weighted by molar-refractivity contribution is 0.0526. The summed E-state index contributed by atoms with van der Waals surface area (Å²) in [5, 5.41) is 2.74. The molecule has 1 amide bonds. The summed E-state index contributed by atoms with van der Waals surface area (Å²) in [5.74, 6) is 0.275. The number of unbranched alkanes of at least 4 members (excludes halogenated alkanes) is 5. The molecular weight excluding hydrogens is 549 g/mol. The molecule has 0 spiro atoms. The molecule has 1 aromatic carbocycles. The van der Waals surface area contributed by atoms with Gasteiger partial charge in [0.2, 0.25) is 0 Å². The molecule has 0 aliphatic carbocycles. The fraction of sp³-hybridized carbons (Fsp3) is 0.607. The number of nitrogens with one attached hydrogen (secondary N) is 2. The van der Waals surface area contributed by atoms with Crippen molar-refractivity contribution >= 4 is 25.7 Å². The molecule has 0 saturated carbocycles. The third kappa shape index (κ3) is 10.5. The Morgan fingerprint density at radius 3 is 2.29 bits per heavy atom. The van der Waals surface area contributed by atoms with E-state index >= 15 is 0 Å². The predicted molar refractivity (Wildman–Crippen MR) is 158 cm³/mol. The largest absolute Gasteiger partial charge is 0.444 e. The summed E-state index contributed by atoms with van der Waals surface area (Å²) in [6.45, 7) is 11.4. The zero-order valence-corrected chi connectivity index (χ0v) is 25.5. The first-order valence-electron chi connectivity index (χ1n) is 14.1. The molecule has 226 valence electrons. The van der Waals surface area contributed by atoms with Gasteiger partial charge in [0.15, 0.2) is 11.5 Å². The van der Waals surface area contributed by atoms with Gasteiger partial charge in [-0.05, 0) is 90.0 Å². The van der Waals surface area contributed by atoms with E-state index in [9.17, 15) is 19.3 Å². The van der Waals surface area contributed by atoms with E-state index in [0.29, 0.717) is 38.2 Å². The quantitative estimate of drug-likeness (QED) is 0.129. The Hall–Kier alpha value is -2.92. The van der Waals surface area contributed by atoms with E-state index in [-0.39, 0.29) is 11.5 Å². The number of hydrogen-bond donors (Lipinski definition) is 3. The van der Waals surface area contributed by atoms with Crippen molar-refractivity contribution in [3.8, 4) is 11.5 Å². The van der Waals surface area contributed by atoms with E-state index in [1.165, 1.54) is 0 Å². The van der Waals surface area contributed by atoms with Crippen molar-refractivity contribution in [1.82, 2.24) is 24.8 Å². The van der Waals surface area contributed by atoms with E-state index in [2.05, 4.69) is 20.3 Å². The van der Waals surface area contributed by atoms with Crippen LogP contribution in [0.5, 0.6) is 0 Å². The first-order valence-corrected chi connectivity index (χ1v) is 15.2. The third-order valence-electron chi connectivity index (χ3n) is 6.39. The van der Waals surface area contributed by atoms with Crippen molar-refractivity contribution < 1.29 is 23.5 Å². The van der Waals surface area contributed by atoms with Crippen LogP contribution in [0, 0.1) is 13.8 Å². The summed E-state index contributed by atoms with van der Waals surface area (Å²) < 4.78 is 17.9. The highest BCUT2D eigenvalue weighted by atomic mass is 31.2. The normalized spacial score (nSPS) is 12.6. The fourth-order valence-corrected chi connectivity index (χ4v) is 4.88. The standard InChI is InChI=1S/C28H42N5O7P/c1-19-17-21-22(18-20(19)2)33(24-23(30-21)25(34)32-26(35)31-24)14-10-8-12-16-39-41(37)38-15-11-7-6-9-13-29-27(36)40-28(3,4)5/h17-18,37H,6-16H2,1-5H3,(H,29,36)(H,32,34,35). The molecule has 3 rings (SSSR count). The number of hydrogen-bond acceptors (Lipinski definition) is 9. The number of carbonyl (C=O) groups excluding carboxylic acids is 1. The monoisotopic (exact) mass is 591 g/mol. The molecule has 41 heavy (non-hydrogen) atoms. The van der Waals surface area contributed by atoms with Crippen molar-refractivity contribution in [1.29, 1.82) is 0 Å². The summed E-state index contributed by atoms with van der Waals surface area (Å²) in [4.78, 5) is 56.6. The van der Waals surface area contributed by atoms with Gasteiger partial charge in [-0.25, -0.2) is 14.6 Å². The third-order valence-corrected chi connectivity index (χ3v) is 7.20. The number of aryl methyl sites for hydroxylation is 3. The number of carbonyl (C=O) groups is 1. The van der Waals surface area contributed by atoms with Crippen molar-refractivity contribution in [3.05, 3.63) is 44.1 Å². The van der Waals surface area contributed by atoms with E-state index < -0.39 is 31.5 Å². The number of H-pyrrole nitrogens is 1. The SMILES string of the molecule is Cc1cc2nc3c(=O)[nH]c(=O)nc-3n(CCCCCOP(O)OCCCCCCNC(=O)OC(C)(C)C)c2cc1C. The number of aromatic nitrogens is 4. The predicted octanol–water partition coefficient (Wildman–Crippen LogP) is 4.71. The van der Waals surface area contributed by atoms with Gasteiger partial charge in [-0.3, -0.25) is 9.78 Å². The molecule has 0 aromatic heterocycles. The average Bonchev–Trinajstić information content (AvgIpc) is 2.87. The van der Waals surface area contributed by atoms with Crippen molar-refractivity contribution in [2.24, 2.45) is 0 Å². The van der Waals surface area contributed by atoms with E-state index in [1.54, 1.807) is 0 Å². The summed E-state index contributed by atoms with van der Waals surface area (Å²) in [6.07, 6.45) is 5.36. The summed E-state index contributed by atoms with van der Waals surface area (Å²) in [5.41, 5.74) is 2.04. The van der Waals surface area contributed by atoms with Gasteiger partial charge in [-0.15, -0.1) is 0 Å². The molecule has 0 radical (unpaired) electrons. The summed E-state index contributed by atoms with van der Waals surface area (Å²) >= 11 is 0. The number of rotatable bonds is 15. The molecule has 0 saturated heterocycles. The number of amides is 1. The highest BCUT2D eigenvalue weighted by Crippen LogP contribution is 2.33. The molecule has 12 nitrogen and oxygen atoms in total.